The molecule has 122 valence electrons. The summed E-state index contributed by atoms with van der Waals surface area (Å²) in [5.41, 5.74) is 0. The van der Waals surface area contributed by atoms with Crippen LogP contribution in [0.4, 0.5) is 0 Å². The Morgan fingerprint density at radius 3 is 2.68 bits per heavy atom. The van der Waals surface area contributed by atoms with Gasteiger partial charge in [-0.05, 0) is 41.9 Å². The molecule has 8 heteroatoms. The fourth-order valence-corrected chi connectivity index (χ4v) is 5.63. The summed E-state index contributed by atoms with van der Waals surface area (Å²) in [6.45, 7) is 2.11. The van der Waals surface area contributed by atoms with Gasteiger partial charge in [0.2, 0.25) is 10.0 Å². The molecule has 0 aromatic heterocycles. The van der Waals surface area contributed by atoms with Crippen molar-refractivity contribution >= 4 is 26.0 Å². The van der Waals surface area contributed by atoms with Crippen molar-refractivity contribution in [3.05, 3.63) is 16.6 Å². The predicted molar refractivity (Wildman–Crippen MR) is 86.0 cm³/mol. The topological polar surface area (TPSA) is 67.9 Å². The average Bonchev–Trinajstić information content (AvgIpc) is 2.96. The monoisotopic (exact) mass is 390 g/mol. The summed E-state index contributed by atoms with van der Waals surface area (Å²) in [6, 6.07) is 3.22. The second-order valence-corrected chi connectivity index (χ2v) is 8.11. The molecular formula is C14H19BrN2O4S. The molecule has 1 fully saturated rings. The molecule has 0 bridgehead atoms. The van der Waals surface area contributed by atoms with Crippen molar-refractivity contribution in [2.45, 2.75) is 23.8 Å². The zero-order valence-corrected chi connectivity index (χ0v) is 14.7. The van der Waals surface area contributed by atoms with Crippen LogP contribution in [0.25, 0.3) is 0 Å². The maximum Gasteiger partial charge on any atom is 0.244 e. The van der Waals surface area contributed by atoms with Crippen LogP contribution >= 0.6 is 15.9 Å². The Labute approximate surface area is 139 Å². The molecule has 0 saturated carbocycles. The Hall–Kier alpha value is -0.830. The van der Waals surface area contributed by atoms with E-state index in [2.05, 4.69) is 21.2 Å². The molecule has 2 aliphatic rings. The first-order chi connectivity index (χ1) is 10.5. The molecule has 2 aliphatic heterocycles. The van der Waals surface area contributed by atoms with E-state index in [-0.39, 0.29) is 10.9 Å². The van der Waals surface area contributed by atoms with Crippen LogP contribution < -0.4 is 14.8 Å². The van der Waals surface area contributed by atoms with Crippen molar-refractivity contribution in [1.29, 1.82) is 0 Å². The van der Waals surface area contributed by atoms with E-state index in [0.717, 1.165) is 12.8 Å². The summed E-state index contributed by atoms with van der Waals surface area (Å²) < 4.78 is 39.1. The summed E-state index contributed by atoms with van der Waals surface area (Å²) in [6.07, 6.45) is 1.76. The van der Waals surface area contributed by atoms with E-state index in [0.29, 0.717) is 42.3 Å². The maximum atomic E-state index is 13.0. The number of fused-ring (bicyclic) bond motifs is 1. The first-order valence-electron chi connectivity index (χ1n) is 7.29. The molecule has 22 heavy (non-hydrogen) atoms. The van der Waals surface area contributed by atoms with Crippen LogP contribution in [0.5, 0.6) is 11.5 Å². The van der Waals surface area contributed by atoms with Gasteiger partial charge in [-0.3, -0.25) is 0 Å². The number of likely N-dealkylation sites (N-methyl/N-ethyl adjacent to an activating group) is 1. The van der Waals surface area contributed by atoms with E-state index in [9.17, 15) is 8.42 Å². The van der Waals surface area contributed by atoms with Crippen molar-refractivity contribution < 1.29 is 17.9 Å². The van der Waals surface area contributed by atoms with Gasteiger partial charge in [0.15, 0.2) is 11.5 Å². The third-order valence-electron chi connectivity index (χ3n) is 3.95. The van der Waals surface area contributed by atoms with Gasteiger partial charge in [0.1, 0.15) is 18.1 Å². The lowest BCUT2D eigenvalue weighted by atomic mass is 10.2. The number of nitrogens with one attached hydrogen (secondary N) is 1. The number of sulfonamides is 1. The normalized spacial score (nSPS) is 22.0. The fourth-order valence-electron chi connectivity index (χ4n) is 2.93. The number of hydrogen-bond donors (Lipinski definition) is 1. The van der Waals surface area contributed by atoms with E-state index in [4.69, 9.17) is 9.47 Å². The quantitative estimate of drug-likeness (QED) is 0.845. The van der Waals surface area contributed by atoms with Gasteiger partial charge in [0.25, 0.3) is 0 Å². The van der Waals surface area contributed by atoms with Gasteiger partial charge < -0.3 is 14.8 Å². The van der Waals surface area contributed by atoms with Gasteiger partial charge in [0.05, 0.1) is 0 Å². The summed E-state index contributed by atoms with van der Waals surface area (Å²) in [5, 5.41) is 3.07. The molecule has 3 rings (SSSR count). The van der Waals surface area contributed by atoms with E-state index in [1.807, 2.05) is 7.05 Å². The number of rotatable bonds is 4. The highest BCUT2D eigenvalue weighted by Gasteiger charge is 2.36. The highest BCUT2D eigenvalue weighted by Crippen LogP contribution is 2.39. The van der Waals surface area contributed by atoms with Crippen molar-refractivity contribution in [2.24, 2.45) is 0 Å². The van der Waals surface area contributed by atoms with Crippen molar-refractivity contribution in [3.8, 4) is 11.5 Å². The molecule has 1 N–H and O–H groups in total. The van der Waals surface area contributed by atoms with Gasteiger partial charge in [-0.15, -0.1) is 0 Å². The molecule has 0 radical (unpaired) electrons. The molecule has 1 atom stereocenters. The molecule has 1 aromatic rings. The summed E-state index contributed by atoms with van der Waals surface area (Å²) in [7, 11) is -1.73. The van der Waals surface area contributed by atoms with Crippen LogP contribution in [0.1, 0.15) is 12.8 Å². The summed E-state index contributed by atoms with van der Waals surface area (Å²) in [5.74, 6) is 1.06. The Morgan fingerprint density at radius 2 is 2.00 bits per heavy atom. The number of benzene rings is 1. The van der Waals surface area contributed by atoms with Crippen LogP contribution in [0.3, 0.4) is 0 Å². The number of hydrogen-bond acceptors (Lipinski definition) is 5. The molecule has 0 spiro atoms. The first kappa shape index (κ1) is 16.0. The van der Waals surface area contributed by atoms with Gasteiger partial charge in [-0.2, -0.15) is 4.31 Å². The van der Waals surface area contributed by atoms with Crippen LogP contribution in [0, 0.1) is 0 Å². The SMILES string of the molecule is CNC[C@H]1CCCN1S(=O)(=O)c1cc2c(cc1Br)OCCO2. The Bertz CT molecular complexity index is 665. The lowest BCUT2D eigenvalue weighted by Crippen LogP contribution is -2.40. The molecule has 0 unspecified atom stereocenters. The van der Waals surface area contributed by atoms with Crippen LogP contribution in [0.15, 0.2) is 21.5 Å². The van der Waals surface area contributed by atoms with Crippen molar-refractivity contribution in [2.75, 3.05) is 33.4 Å². The Kier molecular flexibility index (Phi) is 4.63. The Balaban J connectivity index is 1.98. The highest BCUT2D eigenvalue weighted by molar-refractivity contribution is 9.10. The van der Waals surface area contributed by atoms with E-state index < -0.39 is 10.0 Å². The van der Waals surface area contributed by atoms with Gasteiger partial charge in [0, 0.05) is 29.7 Å². The number of nitrogens with zero attached hydrogens (tertiary/aromatic N) is 1. The van der Waals surface area contributed by atoms with Crippen molar-refractivity contribution in [1.82, 2.24) is 9.62 Å². The van der Waals surface area contributed by atoms with Gasteiger partial charge in [-0.1, -0.05) is 0 Å². The standard InChI is InChI=1S/C14H19BrN2O4S/c1-16-9-10-3-2-4-17(10)22(18,19)14-8-13-12(7-11(14)15)20-5-6-21-13/h7-8,10,16H,2-6,9H2,1H3/t10-/m1/s1. The Morgan fingerprint density at radius 1 is 1.32 bits per heavy atom. The zero-order chi connectivity index (χ0) is 15.7. The minimum absolute atomic E-state index is 0.00454. The fraction of sp³-hybridized carbons (Fsp3) is 0.571. The lowest BCUT2D eigenvalue weighted by molar-refractivity contribution is 0.171. The second-order valence-electron chi connectivity index (χ2n) is 5.40. The third-order valence-corrected chi connectivity index (χ3v) is 6.86. The molecule has 0 amide bonds. The van der Waals surface area contributed by atoms with Crippen LogP contribution in [0.2, 0.25) is 0 Å². The van der Waals surface area contributed by atoms with Gasteiger partial charge >= 0.3 is 0 Å². The lowest BCUT2D eigenvalue weighted by Gasteiger charge is -2.26. The molecular weight excluding hydrogens is 372 g/mol. The van der Waals surface area contributed by atoms with Crippen LogP contribution in [-0.2, 0) is 10.0 Å². The minimum Gasteiger partial charge on any atom is -0.486 e. The predicted octanol–water partition coefficient (Wildman–Crippen LogP) is 1.59. The zero-order valence-electron chi connectivity index (χ0n) is 12.3. The van der Waals surface area contributed by atoms with E-state index in [1.165, 1.54) is 0 Å². The molecule has 6 nitrogen and oxygen atoms in total. The van der Waals surface area contributed by atoms with Crippen LogP contribution in [-0.4, -0.2) is 52.1 Å². The molecule has 1 saturated heterocycles. The molecule has 1 aromatic carbocycles. The van der Waals surface area contributed by atoms with Crippen molar-refractivity contribution in [3.63, 3.8) is 0 Å². The minimum atomic E-state index is -3.56. The highest BCUT2D eigenvalue weighted by atomic mass is 79.9. The van der Waals surface area contributed by atoms with E-state index >= 15 is 0 Å². The summed E-state index contributed by atoms with van der Waals surface area (Å²) >= 11 is 3.36. The van der Waals surface area contributed by atoms with Gasteiger partial charge in [-0.25, -0.2) is 8.42 Å². The number of halogens is 1. The maximum absolute atomic E-state index is 13.0. The third kappa shape index (κ3) is 2.84. The first-order valence-corrected chi connectivity index (χ1v) is 9.53. The number of ether oxygens (including phenoxy) is 2. The summed E-state index contributed by atoms with van der Waals surface area (Å²) in [4.78, 5) is 0.236. The largest absolute Gasteiger partial charge is 0.486 e. The smallest absolute Gasteiger partial charge is 0.244 e. The molecule has 2 heterocycles. The molecule has 0 aliphatic carbocycles. The average molecular weight is 391 g/mol. The van der Waals surface area contributed by atoms with E-state index in [1.54, 1.807) is 16.4 Å². The second kappa shape index (κ2) is 6.35.